The summed E-state index contributed by atoms with van der Waals surface area (Å²) in [6.07, 6.45) is 6.75. The Morgan fingerprint density at radius 1 is 1.17 bits per heavy atom. The molecule has 114 valence electrons. The zero-order chi connectivity index (χ0) is 15.5. The van der Waals surface area contributed by atoms with Gasteiger partial charge < -0.3 is 5.32 Å². The van der Waals surface area contributed by atoms with Gasteiger partial charge in [0.25, 0.3) is 0 Å². The summed E-state index contributed by atoms with van der Waals surface area (Å²) < 4.78 is 1.90. The molecule has 0 atom stereocenters. The number of thioether (sulfide) groups is 1. The van der Waals surface area contributed by atoms with Crippen LogP contribution in [0, 0.1) is 0 Å². The Kier molecular flexibility index (Phi) is 3.81. The maximum Gasteiger partial charge on any atom is 0.154 e. The van der Waals surface area contributed by atoms with Crippen LogP contribution >= 0.6 is 11.8 Å². The normalized spacial score (nSPS) is 14.0. The number of allylic oxidation sites excluding steroid dienone is 2. The van der Waals surface area contributed by atoms with Gasteiger partial charge in [-0.25, -0.2) is 9.50 Å². The standard InChI is InChI=1S/C17H15N5S/c1-2-8-18-14(5-1)10-19-16-6-7-17-20-11-15(22(17)21-16)13-4-3-9-23-12-13/h1-3,5-9,11-12H,4,10H2,(H,19,21). The molecule has 0 radical (unpaired) electrons. The molecular formula is C17H15N5S. The molecule has 0 fully saturated rings. The molecule has 5 nitrogen and oxygen atoms in total. The summed E-state index contributed by atoms with van der Waals surface area (Å²) in [5, 5.41) is 12.2. The molecule has 0 spiro atoms. The van der Waals surface area contributed by atoms with Crippen LogP contribution < -0.4 is 5.32 Å². The molecule has 3 aromatic heterocycles. The van der Waals surface area contributed by atoms with Crippen molar-refractivity contribution in [1.29, 1.82) is 0 Å². The number of nitrogens with one attached hydrogen (secondary N) is 1. The van der Waals surface area contributed by atoms with Crippen molar-refractivity contribution in [2.45, 2.75) is 13.0 Å². The van der Waals surface area contributed by atoms with Gasteiger partial charge in [0.1, 0.15) is 5.82 Å². The summed E-state index contributed by atoms with van der Waals surface area (Å²) >= 11 is 1.69. The molecule has 0 saturated heterocycles. The van der Waals surface area contributed by atoms with E-state index in [0.29, 0.717) is 6.54 Å². The maximum absolute atomic E-state index is 4.67. The topological polar surface area (TPSA) is 55.1 Å². The number of nitrogens with zero attached hydrogens (tertiary/aromatic N) is 4. The fourth-order valence-electron chi connectivity index (χ4n) is 2.44. The van der Waals surface area contributed by atoms with E-state index in [0.717, 1.165) is 29.3 Å². The van der Waals surface area contributed by atoms with Gasteiger partial charge in [-0.15, -0.1) is 16.9 Å². The lowest BCUT2D eigenvalue weighted by Crippen LogP contribution is -2.06. The average molecular weight is 321 g/mol. The fourth-order valence-corrected chi connectivity index (χ4v) is 3.10. The molecular weight excluding hydrogens is 306 g/mol. The predicted molar refractivity (Wildman–Crippen MR) is 93.9 cm³/mol. The molecule has 23 heavy (non-hydrogen) atoms. The number of anilines is 1. The van der Waals surface area contributed by atoms with Crippen LogP contribution in [-0.2, 0) is 6.54 Å². The maximum atomic E-state index is 4.67. The first-order valence-corrected chi connectivity index (χ1v) is 8.33. The average Bonchev–Trinajstić information content (AvgIpc) is 3.05. The first-order valence-electron chi connectivity index (χ1n) is 7.38. The third-order valence-corrected chi connectivity index (χ3v) is 4.36. The Labute approximate surface area is 138 Å². The minimum Gasteiger partial charge on any atom is -0.363 e. The summed E-state index contributed by atoms with van der Waals surface area (Å²) in [6.45, 7) is 0.644. The van der Waals surface area contributed by atoms with Crippen LogP contribution in [-0.4, -0.2) is 19.6 Å². The zero-order valence-electron chi connectivity index (χ0n) is 12.4. The van der Waals surface area contributed by atoms with Crippen LogP contribution in [0.4, 0.5) is 5.82 Å². The van der Waals surface area contributed by atoms with E-state index >= 15 is 0 Å². The van der Waals surface area contributed by atoms with Crippen LogP contribution in [0.2, 0.25) is 0 Å². The first kappa shape index (κ1) is 14.0. The summed E-state index contributed by atoms with van der Waals surface area (Å²) in [7, 11) is 0. The van der Waals surface area contributed by atoms with Gasteiger partial charge in [0, 0.05) is 6.20 Å². The highest BCUT2D eigenvalue weighted by atomic mass is 32.2. The van der Waals surface area contributed by atoms with Crippen molar-refractivity contribution < 1.29 is 0 Å². The van der Waals surface area contributed by atoms with E-state index in [9.17, 15) is 0 Å². The molecule has 4 rings (SSSR count). The number of hydrogen-bond donors (Lipinski definition) is 1. The van der Waals surface area contributed by atoms with E-state index in [2.05, 4.69) is 37.3 Å². The Bertz CT molecular complexity index is 882. The lowest BCUT2D eigenvalue weighted by molar-refractivity contribution is 0.904. The van der Waals surface area contributed by atoms with Gasteiger partial charge in [-0.3, -0.25) is 4.98 Å². The molecule has 1 N–H and O–H groups in total. The van der Waals surface area contributed by atoms with Gasteiger partial charge in [0.15, 0.2) is 5.65 Å². The minimum absolute atomic E-state index is 0.644. The van der Waals surface area contributed by atoms with Crippen molar-refractivity contribution in [3.63, 3.8) is 0 Å². The highest BCUT2D eigenvalue weighted by molar-refractivity contribution is 8.05. The van der Waals surface area contributed by atoms with Crippen molar-refractivity contribution in [2.75, 3.05) is 5.32 Å². The summed E-state index contributed by atoms with van der Waals surface area (Å²) in [5.74, 6) is 0.807. The second-order valence-corrected chi connectivity index (χ2v) is 5.94. The molecule has 4 heterocycles. The molecule has 0 aliphatic carbocycles. The lowest BCUT2D eigenvalue weighted by atomic mass is 10.1. The number of aromatic nitrogens is 4. The molecule has 6 heteroatoms. The van der Waals surface area contributed by atoms with Gasteiger partial charge in [0.2, 0.25) is 0 Å². The monoisotopic (exact) mass is 321 g/mol. The summed E-state index contributed by atoms with van der Waals surface area (Å²) in [5.41, 5.74) is 4.11. The van der Waals surface area contributed by atoms with Crippen molar-refractivity contribution in [1.82, 2.24) is 19.6 Å². The summed E-state index contributed by atoms with van der Waals surface area (Å²) in [4.78, 5) is 8.75. The molecule has 0 aromatic carbocycles. The van der Waals surface area contributed by atoms with Gasteiger partial charge in [-0.1, -0.05) is 12.1 Å². The Balaban J connectivity index is 1.60. The first-order chi connectivity index (χ1) is 11.4. The molecule has 0 bridgehead atoms. The van der Waals surface area contributed by atoms with Crippen molar-refractivity contribution in [3.8, 4) is 0 Å². The van der Waals surface area contributed by atoms with E-state index < -0.39 is 0 Å². The fraction of sp³-hybridized carbons (Fsp3) is 0.118. The molecule has 1 aliphatic heterocycles. The zero-order valence-corrected chi connectivity index (χ0v) is 13.2. The quantitative estimate of drug-likeness (QED) is 0.793. The number of imidazole rings is 1. The molecule has 1 aliphatic rings. The van der Waals surface area contributed by atoms with E-state index in [4.69, 9.17) is 0 Å². The number of fused-ring (bicyclic) bond motifs is 1. The number of rotatable bonds is 4. The number of hydrogen-bond acceptors (Lipinski definition) is 5. The highest BCUT2D eigenvalue weighted by Crippen LogP contribution is 2.27. The second kappa shape index (κ2) is 6.26. The van der Waals surface area contributed by atoms with Crippen LogP contribution in [0.25, 0.3) is 11.2 Å². The van der Waals surface area contributed by atoms with Crippen LogP contribution in [0.3, 0.4) is 0 Å². The van der Waals surface area contributed by atoms with Gasteiger partial charge in [0.05, 0.1) is 24.1 Å². The van der Waals surface area contributed by atoms with Crippen LogP contribution in [0.5, 0.6) is 0 Å². The van der Waals surface area contributed by atoms with Gasteiger partial charge in [-0.2, -0.15) is 0 Å². The van der Waals surface area contributed by atoms with Crippen LogP contribution in [0.15, 0.2) is 59.6 Å². The molecule has 0 amide bonds. The molecule has 3 aromatic rings. The third-order valence-electron chi connectivity index (χ3n) is 3.59. The summed E-state index contributed by atoms with van der Waals surface area (Å²) in [6, 6.07) is 9.80. The van der Waals surface area contributed by atoms with E-state index in [1.54, 1.807) is 18.0 Å². The van der Waals surface area contributed by atoms with Gasteiger partial charge in [-0.05, 0) is 47.1 Å². The molecule has 0 unspecified atom stereocenters. The Hall–Kier alpha value is -2.60. The van der Waals surface area contributed by atoms with E-state index in [1.165, 1.54) is 5.57 Å². The van der Waals surface area contributed by atoms with Crippen molar-refractivity contribution in [2.24, 2.45) is 0 Å². The Morgan fingerprint density at radius 3 is 3.00 bits per heavy atom. The number of pyridine rings is 1. The SMILES string of the molecule is C1=CSC=C(c2cnc3ccc(NCc4ccccn4)nn23)C1. The van der Waals surface area contributed by atoms with Crippen molar-refractivity contribution >= 4 is 28.8 Å². The predicted octanol–water partition coefficient (Wildman–Crippen LogP) is 3.73. The molecule has 0 saturated carbocycles. The van der Waals surface area contributed by atoms with Gasteiger partial charge >= 0.3 is 0 Å². The third kappa shape index (κ3) is 2.98. The largest absolute Gasteiger partial charge is 0.363 e. The Morgan fingerprint density at radius 2 is 2.17 bits per heavy atom. The second-order valence-electron chi connectivity index (χ2n) is 5.16. The minimum atomic E-state index is 0.644. The van der Waals surface area contributed by atoms with E-state index in [1.807, 2.05) is 41.0 Å². The smallest absolute Gasteiger partial charge is 0.154 e. The van der Waals surface area contributed by atoms with Crippen molar-refractivity contribution in [3.05, 3.63) is 71.0 Å². The van der Waals surface area contributed by atoms with Crippen LogP contribution in [0.1, 0.15) is 17.8 Å². The lowest BCUT2D eigenvalue weighted by Gasteiger charge is -2.09. The van der Waals surface area contributed by atoms with E-state index in [-0.39, 0.29) is 0 Å². The highest BCUT2D eigenvalue weighted by Gasteiger charge is 2.11.